The zero-order valence-corrected chi connectivity index (χ0v) is 14.9. The molecule has 1 spiro atoms. The number of amides is 1. The van der Waals surface area contributed by atoms with Gasteiger partial charge in [-0.25, -0.2) is 4.79 Å². The van der Waals surface area contributed by atoms with Crippen LogP contribution in [-0.2, 0) is 14.2 Å². The summed E-state index contributed by atoms with van der Waals surface area (Å²) in [5.74, 6) is 0.735. The van der Waals surface area contributed by atoms with Crippen LogP contribution in [0.1, 0.15) is 52.9 Å². The normalized spacial score (nSPS) is 40.0. The van der Waals surface area contributed by atoms with Crippen LogP contribution in [0.15, 0.2) is 0 Å². The number of carbonyl (C=O) groups excluding carboxylic acids is 1. The van der Waals surface area contributed by atoms with Gasteiger partial charge in [0.15, 0.2) is 0 Å². The predicted octanol–water partition coefficient (Wildman–Crippen LogP) is 3.22. The Balaban J connectivity index is 1.68. The van der Waals surface area contributed by atoms with E-state index in [4.69, 9.17) is 14.2 Å². The SMILES string of the molecule is CC[C@@H]1CCCN1C(=O)OC1CC[C@]2(CO2)C(C(C)C)C1OC. The molecule has 0 aromatic rings. The van der Waals surface area contributed by atoms with E-state index in [2.05, 4.69) is 20.8 Å². The van der Waals surface area contributed by atoms with Gasteiger partial charge >= 0.3 is 6.09 Å². The maximum absolute atomic E-state index is 12.6. The molecular formula is C18H31NO4. The van der Waals surface area contributed by atoms with Crippen LogP contribution in [0, 0.1) is 11.8 Å². The molecule has 0 aromatic heterocycles. The van der Waals surface area contributed by atoms with Crippen LogP contribution < -0.4 is 0 Å². The largest absolute Gasteiger partial charge is 0.443 e. The van der Waals surface area contributed by atoms with Gasteiger partial charge < -0.3 is 19.1 Å². The summed E-state index contributed by atoms with van der Waals surface area (Å²) in [7, 11) is 1.73. The molecule has 0 radical (unpaired) electrons. The quantitative estimate of drug-likeness (QED) is 0.745. The first-order chi connectivity index (χ1) is 11.0. The first kappa shape index (κ1) is 17.0. The Morgan fingerprint density at radius 3 is 2.70 bits per heavy atom. The first-order valence-corrected chi connectivity index (χ1v) is 9.16. The molecule has 1 saturated carbocycles. The van der Waals surface area contributed by atoms with Crippen LogP contribution in [-0.4, -0.2) is 55.1 Å². The Bertz CT molecular complexity index is 435. The van der Waals surface area contributed by atoms with Crippen LogP contribution in [0.2, 0.25) is 0 Å². The molecule has 23 heavy (non-hydrogen) atoms. The molecule has 3 fully saturated rings. The van der Waals surface area contributed by atoms with Crippen molar-refractivity contribution in [1.82, 2.24) is 4.90 Å². The van der Waals surface area contributed by atoms with Crippen molar-refractivity contribution in [2.45, 2.75) is 76.7 Å². The third kappa shape index (κ3) is 3.10. The van der Waals surface area contributed by atoms with E-state index in [1.54, 1.807) is 7.11 Å². The lowest BCUT2D eigenvalue weighted by Crippen LogP contribution is -2.53. The second-order valence-corrected chi connectivity index (χ2v) is 7.68. The number of methoxy groups -OCH3 is 1. The van der Waals surface area contributed by atoms with Gasteiger partial charge in [-0.15, -0.1) is 0 Å². The lowest BCUT2D eigenvalue weighted by Gasteiger charge is -2.43. The lowest BCUT2D eigenvalue weighted by atomic mass is 9.70. The number of ether oxygens (including phenoxy) is 3. The lowest BCUT2D eigenvalue weighted by molar-refractivity contribution is -0.116. The summed E-state index contributed by atoms with van der Waals surface area (Å²) < 4.78 is 17.5. The summed E-state index contributed by atoms with van der Waals surface area (Å²) in [6.45, 7) is 8.19. The molecule has 1 aliphatic carbocycles. The van der Waals surface area contributed by atoms with E-state index >= 15 is 0 Å². The third-order valence-corrected chi connectivity index (χ3v) is 6.02. The highest BCUT2D eigenvalue weighted by Gasteiger charge is 2.60. The topological polar surface area (TPSA) is 51.3 Å². The summed E-state index contributed by atoms with van der Waals surface area (Å²) in [5.41, 5.74) is -0.0304. The molecule has 5 nitrogen and oxygen atoms in total. The van der Waals surface area contributed by atoms with Gasteiger partial charge in [0.1, 0.15) is 6.10 Å². The van der Waals surface area contributed by atoms with Gasteiger partial charge in [0.05, 0.1) is 18.3 Å². The molecule has 2 saturated heterocycles. The van der Waals surface area contributed by atoms with Crippen LogP contribution in [0.3, 0.4) is 0 Å². The summed E-state index contributed by atoms with van der Waals surface area (Å²) in [6.07, 6.45) is 4.58. The highest BCUT2D eigenvalue weighted by molar-refractivity contribution is 5.68. The van der Waals surface area contributed by atoms with Crippen molar-refractivity contribution < 1.29 is 19.0 Å². The Morgan fingerprint density at radius 1 is 1.39 bits per heavy atom. The van der Waals surface area contributed by atoms with Gasteiger partial charge in [0.25, 0.3) is 0 Å². The molecule has 5 heteroatoms. The average Bonchev–Trinajstić information content (AvgIpc) is 3.12. The van der Waals surface area contributed by atoms with E-state index in [1.807, 2.05) is 4.90 Å². The van der Waals surface area contributed by atoms with Crippen molar-refractivity contribution in [2.24, 2.45) is 11.8 Å². The van der Waals surface area contributed by atoms with Gasteiger partial charge in [-0.1, -0.05) is 20.8 Å². The van der Waals surface area contributed by atoms with Crippen molar-refractivity contribution >= 4 is 6.09 Å². The molecule has 0 N–H and O–H groups in total. The van der Waals surface area contributed by atoms with Crippen molar-refractivity contribution in [3.05, 3.63) is 0 Å². The Morgan fingerprint density at radius 2 is 2.13 bits per heavy atom. The minimum atomic E-state index is -0.159. The molecule has 2 aliphatic heterocycles. The second-order valence-electron chi connectivity index (χ2n) is 7.68. The first-order valence-electron chi connectivity index (χ1n) is 9.16. The molecule has 0 aromatic carbocycles. The zero-order valence-electron chi connectivity index (χ0n) is 14.9. The maximum Gasteiger partial charge on any atom is 0.410 e. The van der Waals surface area contributed by atoms with E-state index in [-0.39, 0.29) is 23.9 Å². The second kappa shape index (κ2) is 6.60. The summed E-state index contributed by atoms with van der Waals surface area (Å²) in [4.78, 5) is 14.5. The smallest absolute Gasteiger partial charge is 0.410 e. The maximum atomic E-state index is 12.6. The van der Waals surface area contributed by atoms with E-state index in [1.165, 1.54) is 0 Å². The fourth-order valence-corrected chi connectivity index (χ4v) is 4.79. The van der Waals surface area contributed by atoms with Crippen LogP contribution in [0.25, 0.3) is 0 Å². The van der Waals surface area contributed by atoms with Crippen molar-refractivity contribution in [3.63, 3.8) is 0 Å². The van der Waals surface area contributed by atoms with Gasteiger partial charge in [0, 0.05) is 25.6 Å². The molecule has 5 atom stereocenters. The molecule has 132 valence electrons. The van der Waals surface area contributed by atoms with Crippen LogP contribution in [0.5, 0.6) is 0 Å². The van der Waals surface area contributed by atoms with E-state index in [9.17, 15) is 4.79 Å². The minimum Gasteiger partial charge on any atom is -0.443 e. The molecule has 3 unspecified atom stereocenters. The predicted molar refractivity (Wildman–Crippen MR) is 87.3 cm³/mol. The van der Waals surface area contributed by atoms with Crippen molar-refractivity contribution in [2.75, 3.05) is 20.3 Å². The zero-order chi connectivity index (χ0) is 16.6. The Labute approximate surface area is 139 Å². The minimum absolute atomic E-state index is 0.0304. The molecular weight excluding hydrogens is 294 g/mol. The Kier molecular flexibility index (Phi) is 4.88. The summed E-state index contributed by atoms with van der Waals surface area (Å²) in [5, 5.41) is 0. The van der Waals surface area contributed by atoms with Gasteiger partial charge in [-0.3, -0.25) is 0 Å². The number of carbonyl (C=O) groups is 1. The van der Waals surface area contributed by atoms with E-state index in [0.717, 1.165) is 45.3 Å². The number of hydrogen-bond donors (Lipinski definition) is 0. The summed E-state index contributed by atoms with van der Waals surface area (Å²) >= 11 is 0. The molecule has 2 heterocycles. The van der Waals surface area contributed by atoms with Crippen molar-refractivity contribution in [1.29, 1.82) is 0 Å². The van der Waals surface area contributed by atoms with E-state index < -0.39 is 0 Å². The molecule has 3 rings (SSSR count). The van der Waals surface area contributed by atoms with Gasteiger partial charge in [-0.2, -0.15) is 0 Å². The number of hydrogen-bond acceptors (Lipinski definition) is 4. The highest BCUT2D eigenvalue weighted by atomic mass is 16.6. The monoisotopic (exact) mass is 325 g/mol. The standard InChI is InChI=1S/C18H31NO4/c1-5-13-7-6-10-19(13)17(20)23-14-8-9-18(11-22-18)15(12(2)3)16(14)21-4/h12-16H,5-11H2,1-4H3/t13-,14?,15?,16?,18+/m1/s1. The van der Waals surface area contributed by atoms with Gasteiger partial charge in [-0.05, 0) is 38.0 Å². The molecule has 0 bridgehead atoms. The third-order valence-electron chi connectivity index (χ3n) is 6.02. The molecule has 1 amide bonds. The Hall–Kier alpha value is -0.810. The summed E-state index contributed by atoms with van der Waals surface area (Å²) in [6, 6.07) is 0.339. The highest BCUT2D eigenvalue weighted by Crippen LogP contribution is 2.50. The van der Waals surface area contributed by atoms with Crippen LogP contribution in [0.4, 0.5) is 4.79 Å². The molecule has 3 aliphatic rings. The fraction of sp³-hybridized carbons (Fsp3) is 0.944. The van der Waals surface area contributed by atoms with E-state index in [0.29, 0.717) is 17.9 Å². The number of epoxide rings is 1. The average molecular weight is 325 g/mol. The number of rotatable bonds is 4. The van der Waals surface area contributed by atoms with Gasteiger partial charge in [0.2, 0.25) is 0 Å². The number of nitrogens with zero attached hydrogens (tertiary/aromatic N) is 1. The fourth-order valence-electron chi connectivity index (χ4n) is 4.79. The van der Waals surface area contributed by atoms with Crippen LogP contribution >= 0.6 is 0 Å². The number of likely N-dealkylation sites (tertiary alicyclic amines) is 1. The van der Waals surface area contributed by atoms with Crippen molar-refractivity contribution in [3.8, 4) is 0 Å².